The minimum absolute atomic E-state index is 0.00372. The van der Waals surface area contributed by atoms with E-state index in [0.29, 0.717) is 5.56 Å². The molecule has 0 aliphatic carbocycles. The molecule has 0 aromatic heterocycles. The van der Waals surface area contributed by atoms with Crippen LogP contribution in [0.2, 0.25) is 0 Å². The number of nitrogens with zero attached hydrogens (tertiary/aromatic N) is 1. The van der Waals surface area contributed by atoms with Crippen molar-refractivity contribution in [2.24, 2.45) is 0 Å². The van der Waals surface area contributed by atoms with Crippen LogP contribution in [-0.2, 0) is 27.5 Å². The first-order chi connectivity index (χ1) is 14.5. The van der Waals surface area contributed by atoms with Crippen molar-refractivity contribution < 1.29 is 31.1 Å². The maximum atomic E-state index is 13.0. The number of sulfonamides is 1. The Balaban J connectivity index is 1.70. The summed E-state index contributed by atoms with van der Waals surface area (Å²) in [5.41, 5.74) is -0.143. The molecule has 1 saturated heterocycles. The topological polar surface area (TPSA) is 75.7 Å². The summed E-state index contributed by atoms with van der Waals surface area (Å²) in [6, 6.07) is 10.1. The summed E-state index contributed by atoms with van der Waals surface area (Å²) in [6.07, 6.45) is -4.91. The monoisotopic (exact) mass is 456 g/mol. The Hall–Kier alpha value is -2.43. The Kier molecular flexibility index (Phi) is 6.73. The van der Waals surface area contributed by atoms with Gasteiger partial charge in [0, 0.05) is 25.2 Å². The van der Waals surface area contributed by atoms with Crippen LogP contribution in [0.15, 0.2) is 53.4 Å². The molecule has 1 N–H and O–H groups in total. The number of carbonyl (C=O) groups is 1. The number of hydrogen-bond donors (Lipinski definition) is 1. The number of morpholine rings is 1. The van der Waals surface area contributed by atoms with E-state index in [1.54, 1.807) is 13.8 Å². The van der Waals surface area contributed by atoms with E-state index in [2.05, 4.69) is 5.32 Å². The summed E-state index contributed by atoms with van der Waals surface area (Å²) in [4.78, 5) is 12.5. The predicted octanol–water partition coefficient (Wildman–Crippen LogP) is 3.43. The van der Waals surface area contributed by atoms with Gasteiger partial charge in [-0.05, 0) is 49.7 Å². The number of alkyl halides is 3. The van der Waals surface area contributed by atoms with Crippen molar-refractivity contribution >= 4 is 15.9 Å². The Bertz CT molecular complexity index is 1030. The van der Waals surface area contributed by atoms with Crippen LogP contribution in [0, 0.1) is 0 Å². The van der Waals surface area contributed by atoms with Gasteiger partial charge in [-0.15, -0.1) is 0 Å². The van der Waals surface area contributed by atoms with Crippen molar-refractivity contribution in [3.63, 3.8) is 0 Å². The van der Waals surface area contributed by atoms with Gasteiger partial charge in [-0.25, -0.2) is 8.42 Å². The Morgan fingerprint density at radius 2 is 1.71 bits per heavy atom. The van der Waals surface area contributed by atoms with Gasteiger partial charge in [-0.1, -0.05) is 18.2 Å². The lowest BCUT2D eigenvalue weighted by Crippen LogP contribution is -2.48. The average Bonchev–Trinajstić information content (AvgIpc) is 2.71. The van der Waals surface area contributed by atoms with Crippen molar-refractivity contribution in [3.8, 4) is 0 Å². The quantitative estimate of drug-likeness (QED) is 0.748. The van der Waals surface area contributed by atoms with E-state index in [-0.39, 0.29) is 42.3 Å². The number of halogens is 3. The molecular weight excluding hydrogens is 433 g/mol. The van der Waals surface area contributed by atoms with E-state index >= 15 is 0 Å². The van der Waals surface area contributed by atoms with Crippen molar-refractivity contribution in [1.82, 2.24) is 9.62 Å². The SMILES string of the molecule is CC1CN(S(=O)(=O)c2cccc(C(=O)NCc3ccc(C(F)(F)F)cc3)c2)CC(C)O1. The number of hydrogen-bond acceptors (Lipinski definition) is 4. The highest BCUT2D eigenvalue weighted by molar-refractivity contribution is 7.89. The van der Waals surface area contributed by atoms with Crippen molar-refractivity contribution in [2.75, 3.05) is 13.1 Å². The molecule has 0 bridgehead atoms. The fourth-order valence-corrected chi connectivity index (χ4v) is 5.01. The van der Waals surface area contributed by atoms with Crippen LogP contribution in [0.4, 0.5) is 13.2 Å². The molecular formula is C21H23F3N2O4S. The van der Waals surface area contributed by atoms with Crippen LogP contribution in [0.25, 0.3) is 0 Å². The fourth-order valence-electron chi connectivity index (χ4n) is 3.37. The summed E-state index contributed by atoms with van der Waals surface area (Å²) in [6.45, 7) is 4.03. The molecule has 0 radical (unpaired) electrons. The minimum Gasteiger partial charge on any atom is -0.373 e. The first-order valence-corrected chi connectivity index (χ1v) is 11.1. The first-order valence-electron chi connectivity index (χ1n) is 9.67. The molecule has 31 heavy (non-hydrogen) atoms. The van der Waals surface area contributed by atoms with Crippen molar-refractivity contribution in [1.29, 1.82) is 0 Å². The van der Waals surface area contributed by atoms with Gasteiger partial charge in [0.1, 0.15) is 0 Å². The van der Waals surface area contributed by atoms with Crippen molar-refractivity contribution in [2.45, 2.75) is 43.7 Å². The second-order valence-electron chi connectivity index (χ2n) is 7.48. The fraction of sp³-hybridized carbons (Fsp3) is 0.381. The van der Waals surface area contributed by atoms with E-state index in [0.717, 1.165) is 12.1 Å². The molecule has 1 amide bonds. The number of rotatable bonds is 5. The average molecular weight is 456 g/mol. The van der Waals surface area contributed by atoms with Gasteiger partial charge in [0.15, 0.2) is 0 Å². The third-order valence-electron chi connectivity index (χ3n) is 4.85. The number of ether oxygens (including phenoxy) is 1. The molecule has 0 spiro atoms. The molecule has 10 heteroatoms. The summed E-state index contributed by atoms with van der Waals surface area (Å²) in [7, 11) is -3.80. The highest BCUT2D eigenvalue weighted by Crippen LogP contribution is 2.29. The van der Waals surface area contributed by atoms with E-state index < -0.39 is 27.7 Å². The van der Waals surface area contributed by atoms with Crippen molar-refractivity contribution in [3.05, 3.63) is 65.2 Å². The zero-order chi connectivity index (χ0) is 22.8. The second-order valence-corrected chi connectivity index (χ2v) is 9.42. The molecule has 2 aromatic carbocycles. The van der Waals surface area contributed by atoms with E-state index in [1.807, 2.05) is 0 Å². The third kappa shape index (κ3) is 5.63. The van der Waals surface area contributed by atoms with Crippen LogP contribution in [0.3, 0.4) is 0 Å². The molecule has 1 aliphatic rings. The van der Waals surface area contributed by atoms with Gasteiger partial charge in [0.05, 0.1) is 22.7 Å². The Morgan fingerprint density at radius 1 is 1.10 bits per heavy atom. The molecule has 6 nitrogen and oxygen atoms in total. The van der Waals surface area contributed by atoms with E-state index in [4.69, 9.17) is 4.74 Å². The number of nitrogens with one attached hydrogen (secondary N) is 1. The number of amides is 1. The summed E-state index contributed by atoms with van der Waals surface area (Å²) in [5, 5.41) is 2.60. The van der Waals surface area contributed by atoms with E-state index in [1.165, 1.54) is 40.7 Å². The standard InChI is InChI=1S/C21H23F3N2O4S/c1-14-12-26(13-15(2)30-14)31(28,29)19-5-3-4-17(10-19)20(27)25-11-16-6-8-18(9-7-16)21(22,23)24/h3-10,14-15H,11-13H2,1-2H3,(H,25,27). The molecule has 3 rings (SSSR count). The highest BCUT2D eigenvalue weighted by Gasteiger charge is 2.32. The summed E-state index contributed by atoms with van der Waals surface area (Å²) < 4.78 is 70.8. The lowest BCUT2D eigenvalue weighted by Gasteiger charge is -2.34. The zero-order valence-electron chi connectivity index (χ0n) is 17.0. The zero-order valence-corrected chi connectivity index (χ0v) is 17.8. The molecule has 2 aromatic rings. The number of carbonyl (C=O) groups excluding carboxylic acids is 1. The smallest absolute Gasteiger partial charge is 0.373 e. The van der Waals surface area contributed by atoms with Crippen LogP contribution in [0.1, 0.15) is 35.3 Å². The van der Waals surface area contributed by atoms with Gasteiger partial charge in [-0.2, -0.15) is 17.5 Å². The van der Waals surface area contributed by atoms with Crippen LogP contribution in [-0.4, -0.2) is 43.9 Å². The summed E-state index contributed by atoms with van der Waals surface area (Å²) in [5.74, 6) is -0.527. The summed E-state index contributed by atoms with van der Waals surface area (Å²) >= 11 is 0. The Morgan fingerprint density at radius 3 is 2.29 bits per heavy atom. The molecule has 2 unspecified atom stereocenters. The maximum Gasteiger partial charge on any atom is 0.416 e. The minimum atomic E-state index is -4.43. The molecule has 1 aliphatic heterocycles. The highest BCUT2D eigenvalue weighted by atomic mass is 32.2. The van der Waals surface area contributed by atoms with Crippen LogP contribution >= 0.6 is 0 Å². The second kappa shape index (κ2) is 8.97. The maximum absolute atomic E-state index is 13.0. The molecule has 1 heterocycles. The molecule has 1 fully saturated rings. The predicted molar refractivity (Wildman–Crippen MR) is 108 cm³/mol. The van der Waals surface area contributed by atoms with Gasteiger partial charge in [0.2, 0.25) is 10.0 Å². The van der Waals surface area contributed by atoms with Crippen LogP contribution in [0.5, 0.6) is 0 Å². The van der Waals surface area contributed by atoms with Gasteiger partial charge < -0.3 is 10.1 Å². The molecule has 168 valence electrons. The van der Waals surface area contributed by atoms with Gasteiger partial charge >= 0.3 is 6.18 Å². The molecule has 0 saturated carbocycles. The first kappa shape index (κ1) is 23.2. The Labute approximate surface area is 179 Å². The van der Waals surface area contributed by atoms with E-state index in [9.17, 15) is 26.4 Å². The lowest BCUT2D eigenvalue weighted by atomic mass is 10.1. The third-order valence-corrected chi connectivity index (χ3v) is 6.68. The normalized spacial score (nSPS) is 20.4. The van der Waals surface area contributed by atoms with Gasteiger partial charge in [-0.3, -0.25) is 4.79 Å². The molecule has 2 atom stereocenters. The number of benzene rings is 2. The van der Waals surface area contributed by atoms with Crippen LogP contribution < -0.4 is 5.32 Å². The largest absolute Gasteiger partial charge is 0.416 e. The lowest BCUT2D eigenvalue weighted by molar-refractivity contribution is -0.137. The van der Waals surface area contributed by atoms with Gasteiger partial charge in [0.25, 0.3) is 5.91 Å².